The normalized spacial score (nSPS) is 15.1. The average molecular weight is 319 g/mol. The first-order valence-electron chi connectivity index (χ1n) is 8.74. The lowest BCUT2D eigenvalue weighted by atomic mass is 9.83. The summed E-state index contributed by atoms with van der Waals surface area (Å²) in [6.45, 7) is 6.54. The van der Waals surface area contributed by atoms with Crippen LogP contribution in [0, 0.1) is 0 Å². The standard InChI is InChI=1S/C18H17N3.C3H8/c1-12-11-13-7-3-4-9-15(13)18-17(19-20-21(18)2)16-10-6-5-8-14(12)16;1-3-2/h3-10,12H,11H2,1-2H3;3H2,1-2H3. The first kappa shape index (κ1) is 16.4. The van der Waals surface area contributed by atoms with Crippen LogP contribution in [0.5, 0.6) is 0 Å². The van der Waals surface area contributed by atoms with Crippen molar-refractivity contribution in [3.05, 3.63) is 59.7 Å². The van der Waals surface area contributed by atoms with Crippen LogP contribution in [-0.4, -0.2) is 15.0 Å². The summed E-state index contributed by atoms with van der Waals surface area (Å²) < 4.78 is 1.89. The Bertz CT molecular complexity index is 833. The third-order valence-corrected chi connectivity index (χ3v) is 4.37. The highest BCUT2D eigenvalue weighted by molar-refractivity contribution is 5.82. The maximum atomic E-state index is 4.45. The Hall–Kier alpha value is -2.42. The van der Waals surface area contributed by atoms with Crippen molar-refractivity contribution < 1.29 is 0 Å². The molecule has 1 atom stereocenters. The third kappa shape index (κ3) is 2.86. The van der Waals surface area contributed by atoms with Crippen molar-refractivity contribution in [2.45, 2.75) is 39.5 Å². The van der Waals surface area contributed by atoms with Gasteiger partial charge in [0.15, 0.2) is 0 Å². The van der Waals surface area contributed by atoms with E-state index in [1.807, 2.05) is 11.7 Å². The van der Waals surface area contributed by atoms with Gasteiger partial charge in [-0.05, 0) is 23.5 Å². The molecule has 2 aromatic carbocycles. The van der Waals surface area contributed by atoms with Gasteiger partial charge in [-0.25, -0.2) is 4.68 Å². The Morgan fingerprint density at radius 1 is 1.00 bits per heavy atom. The highest BCUT2D eigenvalue weighted by Crippen LogP contribution is 2.40. The molecule has 3 nitrogen and oxygen atoms in total. The Kier molecular flexibility index (Phi) is 4.79. The predicted octanol–water partition coefficient (Wildman–Crippen LogP) is 5.23. The van der Waals surface area contributed by atoms with Gasteiger partial charge in [0.25, 0.3) is 0 Å². The summed E-state index contributed by atoms with van der Waals surface area (Å²) in [6.07, 6.45) is 2.29. The van der Waals surface area contributed by atoms with Crippen molar-refractivity contribution in [3.63, 3.8) is 0 Å². The lowest BCUT2D eigenvalue weighted by Crippen LogP contribution is -2.07. The fourth-order valence-electron chi connectivity index (χ4n) is 3.35. The van der Waals surface area contributed by atoms with Gasteiger partial charge in [0, 0.05) is 18.2 Å². The third-order valence-electron chi connectivity index (χ3n) is 4.37. The second kappa shape index (κ2) is 7.00. The molecule has 0 saturated heterocycles. The Morgan fingerprint density at radius 3 is 2.38 bits per heavy atom. The first-order chi connectivity index (χ1) is 11.7. The molecule has 124 valence electrons. The monoisotopic (exact) mass is 319 g/mol. The van der Waals surface area contributed by atoms with Crippen LogP contribution in [-0.2, 0) is 13.5 Å². The zero-order chi connectivity index (χ0) is 17.1. The van der Waals surface area contributed by atoms with E-state index in [0.29, 0.717) is 5.92 Å². The number of rotatable bonds is 0. The molecule has 1 aliphatic carbocycles. The molecule has 0 aliphatic heterocycles. The highest BCUT2D eigenvalue weighted by atomic mass is 15.4. The van der Waals surface area contributed by atoms with Crippen LogP contribution in [0.25, 0.3) is 22.5 Å². The van der Waals surface area contributed by atoms with Crippen molar-refractivity contribution in [2.24, 2.45) is 7.05 Å². The summed E-state index contributed by atoms with van der Waals surface area (Å²) in [5.41, 5.74) is 7.29. The summed E-state index contributed by atoms with van der Waals surface area (Å²) >= 11 is 0. The van der Waals surface area contributed by atoms with Gasteiger partial charge in [-0.1, -0.05) is 80.9 Å². The minimum atomic E-state index is 0.470. The van der Waals surface area contributed by atoms with Gasteiger partial charge in [0.2, 0.25) is 0 Å². The molecule has 0 saturated carbocycles. The summed E-state index contributed by atoms with van der Waals surface area (Å²) in [5.74, 6) is 0.470. The summed E-state index contributed by atoms with van der Waals surface area (Å²) in [7, 11) is 1.97. The Balaban J connectivity index is 0.000000526. The molecule has 3 aromatic rings. The molecule has 0 amide bonds. The Labute approximate surface area is 144 Å². The molecule has 0 bridgehead atoms. The van der Waals surface area contributed by atoms with E-state index >= 15 is 0 Å². The quantitative estimate of drug-likeness (QED) is 0.568. The maximum Gasteiger partial charge on any atom is 0.121 e. The van der Waals surface area contributed by atoms with Gasteiger partial charge in [-0.3, -0.25) is 0 Å². The summed E-state index contributed by atoms with van der Waals surface area (Å²) in [6, 6.07) is 17.2. The fraction of sp³-hybridized carbons (Fsp3) is 0.333. The molecule has 4 rings (SSSR count). The van der Waals surface area contributed by atoms with E-state index in [9.17, 15) is 0 Å². The van der Waals surface area contributed by atoms with Crippen LogP contribution in [0.15, 0.2) is 48.5 Å². The molecule has 1 unspecified atom stereocenters. The summed E-state index contributed by atoms with van der Waals surface area (Å²) in [4.78, 5) is 0. The number of hydrogen-bond acceptors (Lipinski definition) is 2. The first-order valence-corrected chi connectivity index (χ1v) is 8.74. The lowest BCUT2D eigenvalue weighted by Gasteiger charge is -2.21. The average Bonchev–Trinajstić information content (AvgIpc) is 2.96. The number of nitrogens with zero attached hydrogens (tertiary/aromatic N) is 3. The van der Waals surface area contributed by atoms with Crippen LogP contribution in [0.3, 0.4) is 0 Å². The van der Waals surface area contributed by atoms with E-state index in [-0.39, 0.29) is 0 Å². The predicted molar refractivity (Wildman–Crippen MR) is 100.0 cm³/mol. The molecule has 0 N–H and O–H groups in total. The molecule has 24 heavy (non-hydrogen) atoms. The maximum absolute atomic E-state index is 4.45. The van der Waals surface area contributed by atoms with Crippen LogP contribution >= 0.6 is 0 Å². The minimum Gasteiger partial charge on any atom is -0.247 e. The number of aromatic nitrogens is 3. The molecule has 0 fully saturated rings. The molecule has 0 radical (unpaired) electrons. The molecular weight excluding hydrogens is 294 g/mol. The zero-order valence-electron chi connectivity index (χ0n) is 15.0. The van der Waals surface area contributed by atoms with E-state index in [2.05, 4.69) is 79.6 Å². The van der Waals surface area contributed by atoms with Gasteiger partial charge >= 0.3 is 0 Å². The second-order valence-electron chi connectivity index (χ2n) is 6.47. The van der Waals surface area contributed by atoms with Gasteiger partial charge in [0.05, 0.1) is 5.69 Å². The van der Waals surface area contributed by atoms with Crippen LogP contribution in [0.2, 0.25) is 0 Å². The van der Waals surface area contributed by atoms with E-state index in [0.717, 1.165) is 17.8 Å². The topological polar surface area (TPSA) is 30.7 Å². The largest absolute Gasteiger partial charge is 0.247 e. The van der Waals surface area contributed by atoms with E-state index in [4.69, 9.17) is 0 Å². The number of fused-ring (bicyclic) bond motifs is 5. The van der Waals surface area contributed by atoms with Crippen molar-refractivity contribution in [1.82, 2.24) is 15.0 Å². The highest BCUT2D eigenvalue weighted by Gasteiger charge is 2.24. The van der Waals surface area contributed by atoms with Crippen LogP contribution in [0.4, 0.5) is 0 Å². The number of benzene rings is 2. The van der Waals surface area contributed by atoms with Gasteiger partial charge in [0.1, 0.15) is 5.69 Å². The molecule has 1 aromatic heterocycles. The minimum absolute atomic E-state index is 0.470. The van der Waals surface area contributed by atoms with Crippen molar-refractivity contribution in [2.75, 3.05) is 0 Å². The molecule has 1 heterocycles. The molecular formula is C21H25N3. The van der Waals surface area contributed by atoms with Crippen LogP contribution < -0.4 is 0 Å². The second-order valence-corrected chi connectivity index (χ2v) is 6.47. The van der Waals surface area contributed by atoms with Crippen molar-refractivity contribution >= 4 is 0 Å². The molecule has 3 heteroatoms. The van der Waals surface area contributed by atoms with Crippen molar-refractivity contribution in [1.29, 1.82) is 0 Å². The van der Waals surface area contributed by atoms with E-state index in [1.165, 1.54) is 28.7 Å². The SMILES string of the molecule is CC1Cc2ccccc2-c2c(nnn2C)-c2ccccc21.CCC. The summed E-state index contributed by atoms with van der Waals surface area (Å²) in [5, 5.41) is 8.72. The molecule has 1 aliphatic rings. The zero-order valence-corrected chi connectivity index (χ0v) is 15.0. The van der Waals surface area contributed by atoms with Gasteiger partial charge in [-0.2, -0.15) is 0 Å². The van der Waals surface area contributed by atoms with E-state index < -0.39 is 0 Å². The number of aryl methyl sites for hydroxylation is 1. The number of hydrogen-bond donors (Lipinski definition) is 0. The van der Waals surface area contributed by atoms with Crippen molar-refractivity contribution in [3.8, 4) is 22.5 Å². The van der Waals surface area contributed by atoms with Gasteiger partial charge in [-0.15, -0.1) is 5.10 Å². The lowest BCUT2D eigenvalue weighted by molar-refractivity contribution is 0.719. The van der Waals surface area contributed by atoms with E-state index in [1.54, 1.807) is 0 Å². The smallest absolute Gasteiger partial charge is 0.121 e. The fourth-order valence-corrected chi connectivity index (χ4v) is 3.35. The molecule has 0 spiro atoms. The van der Waals surface area contributed by atoms with Crippen LogP contribution in [0.1, 0.15) is 44.2 Å². The Morgan fingerprint density at radius 2 is 1.62 bits per heavy atom. The van der Waals surface area contributed by atoms with Gasteiger partial charge < -0.3 is 0 Å².